The van der Waals surface area contributed by atoms with Crippen molar-refractivity contribution in [3.63, 3.8) is 0 Å². The molecule has 0 aromatic heterocycles. The van der Waals surface area contributed by atoms with Gasteiger partial charge in [-0.2, -0.15) is 0 Å². The Balaban J connectivity index is 2.01. The number of nitrogens with zero attached hydrogens (tertiary/aromatic N) is 1. The summed E-state index contributed by atoms with van der Waals surface area (Å²) in [5.41, 5.74) is 2.49. The topological polar surface area (TPSA) is 49.4 Å². The highest BCUT2D eigenvalue weighted by Gasteiger charge is 2.34. The zero-order valence-electron chi connectivity index (χ0n) is 12.7. The summed E-state index contributed by atoms with van der Waals surface area (Å²) in [6.07, 6.45) is 1.58. The van der Waals surface area contributed by atoms with Crippen LogP contribution in [0.5, 0.6) is 0 Å². The zero-order chi connectivity index (χ0) is 17.3. The Morgan fingerprint density at radius 3 is 2.50 bits per heavy atom. The molecule has 0 bridgehead atoms. The van der Waals surface area contributed by atoms with Gasteiger partial charge in [-0.15, -0.1) is 0 Å². The van der Waals surface area contributed by atoms with Gasteiger partial charge in [0.25, 0.3) is 11.8 Å². The van der Waals surface area contributed by atoms with Crippen LogP contribution >= 0.6 is 28.1 Å². The fraction of sp³-hybridized carbons (Fsp3) is 0.0556. The van der Waals surface area contributed by atoms with Crippen molar-refractivity contribution >= 4 is 56.8 Å². The molecular formula is C18H13BrN2O2S. The number of thiocarbonyl (C=S) groups is 1. The van der Waals surface area contributed by atoms with Gasteiger partial charge in [0.1, 0.15) is 5.57 Å². The monoisotopic (exact) mass is 400 g/mol. The van der Waals surface area contributed by atoms with Crippen LogP contribution in [-0.2, 0) is 9.59 Å². The van der Waals surface area contributed by atoms with E-state index in [9.17, 15) is 9.59 Å². The smallest absolute Gasteiger partial charge is 0.270 e. The van der Waals surface area contributed by atoms with E-state index in [1.165, 1.54) is 4.90 Å². The largest absolute Gasteiger partial charge is 0.298 e. The van der Waals surface area contributed by atoms with Crippen molar-refractivity contribution in [3.8, 4) is 0 Å². The van der Waals surface area contributed by atoms with E-state index in [-0.39, 0.29) is 10.7 Å². The van der Waals surface area contributed by atoms with E-state index in [1.54, 1.807) is 18.2 Å². The lowest BCUT2D eigenvalue weighted by molar-refractivity contribution is -0.122. The molecule has 0 unspecified atom stereocenters. The number of aryl methyl sites for hydroxylation is 1. The molecule has 0 radical (unpaired) electrons. The van der Waals surface area contributed by atoms with Crippen LogP contribution in [0.1, 0.15) is 11.1 Å². The Labute approximate surface area is 153 Å². The molecule has 1 N–H and O–H groups in total. The first-order chi connectivity index (χ1) is 11.5. The van der Waals surface area contributed by atoms with Crippen LogP contribution < -0.4 is 10.2 Å². The van der Waals surface area contributed by atoms with Crippen LogP contribution in [0.4, 0.5) is 5.69 Å². The van der Waals surface area contributed by atoms with Gasteiger partial charge in [0.15, 0.2) is 5.11 Å². The number of hydrogen-bond acceptors (Lipinski definition) is 3. The molecule has 0 aliphatic carbocycles. The first-order valence-corrected chi connectivity index (χ1v) is 8.39. The molecule has 0 saturated carbocycles. The standard InChI is InChI=1S/C18H13BrN2O2S/c1-11-3-2-4-12(9-11)10-15-16(22)20-18(24)21(17(15)23)14-7-5-13(19)6-8-14/h2-10H,1H3,(H,20,22,24)/b15-10-. The van der Waals surface area contributed by atoms with Crippen LogP contribution in [-0.4, -0.2) is 16.9 Å². The van der Waals surface area contributed by atoms with Crippen LogP contribution in [0.25, 0.3) is 6.08 Å². The Hall–Kier alpha value is -2.31. The Kier molecular flexibility index (Phi) is 4.59. The van der Waals surface area contributed by atoms with Crippen molar-refractivity contribution in [1.29, 1.82) is 0 Å². The van der Waals surface area contributed by atoms with Crippen molar-refractivity contribution in [1.82, 2.24) is 5.32 Å². The number of benzene rings is 2. The highest BCUT2D eigenvalue weighted by atomic mass is 79.9. The van der Waals surface area contributed by atoms with Crippen LogP contribution in [0, 0.1) is 6.92 Å². The van der Waals surface area contributed by atoms with E-state index < -0.39 is 11.8 Å². The minimum absolute atomic E-state index is 0.0529. The number of rotatable bonds is 2. The van der Waals surface area contributed by atoms with E-state index >= 15 is 0 Å². The van der Waals surface area contributed by atoms with Crippen molar-refractivity contribution < 1.29 is 9.59 Å². The van der Waals surface area contributed by atoms with Crippen molar-refractivity contribution in [2.45, 2.75) is 6.92 Å². The van der Waals surface area contributed by atoms with E-state index in [4.69, 9.17) is 12.2 Å². The molecule has 2 amide bonds. The van der Waals surface area contributed by atoms with Gasteiger partial charge in [-0.3, -0.25) is 19.8 Å². The molecule has 1 saturated heterocycles. The number of anilines is 1. The summed E-state index contributed by atoms with van der Waals surface area (Å²) in [5.74, 6) is -0.924. The second-order valence-corrected chi connectivity index (χ2v) is 6.65. The summed E-state index contributed by atoms with van der Waals surface area (Å²) in [6, 6.07) is 14.7. The maximum Gasteiger partial charge on any atom is 0.270 e. The highest BCUT2D eigenvalue weighted by molar-refractivity contribution is 9.10. The molecule has 3 rings (SSSR count). The normalized spacial score (nSPS) is 16.5. The average molecular weight is 401 g/mol. The predicted octanol–water partition coefficient (Wildman–Crippen LogP) is 3.59. The van der Waals surface area contributed by atoms with Gasteiger partial charge in [0.2, 0.25) is 0 Å². The van der Waals surface area contributed by atoms with Gasteiger partial charge < -0.3 is 0 Å². The van der Waals surface area contributed by atoms with E-state index in [0.29, 0.717) is 5.69 Å². The lowest BCUT2D eigenvalue weighted by atomic mass is 10.1. The summed E-state index contributed by atoms with van der Waals surface area (Å²) in [7, 11) is 0. The third-order valence-corrected chi connectivity index (χ3v) is 4.35. The summed E-state index contributed by atoms with van der Waals surface area (Å²) < 4.78 is 0.890. The fourth-order valence-electron chi connectivity index (χ4n) is 2.41. The molecule has 120 valence electrons. The van der Waals surface area contributed by atoms with E-state index in [2.05, 4.69) is 21.2 Å². The van der Waals surface area contributed by atoms with Gasteiger partial charge in [-0.25, -0.2) is 0 Å². The molecule has 1 aliphatic heterocycles. The summed E-state index contributed by atoms with van der Waals surface area (Å²) in [4.78, 5) is 26.4. The Bertz CT molecular complexity index is 875. The molecule has 2 aromatic carbocycles. The van der Waals surface area contributed by atoms with Crippen molar-refractivity contribution in [2.75, 3.05) is 4.90 Å². The first-order valence-electron chi connectivity index (χ1n) is 7.19. The van der Waals surface area contributed by atoms with Crippen molar-refractivity contribution in [3.05, 3.63) is 69.7 Å². The summed E-state index contributed by atoms with van der Waals surface area (Å²) >= 11 is 8.52. The lowest BCUT2D eigenvalue weighted by Crippen LogP contribution is -2.54. The maximum atomic E-state index is 12.8. The number of halogens is 1. The molecule has 6 heteroatoms. The molecule has 4 nitrogen and oxygen atoms in total. The van der Waals surface area contributed by atoms with E-state index in [0.717, 1.165) is 15.6 Å². The van der Waals surface area contributed by atoms with E-state index in [1.807, 2.05) is 43.3 Å². The minimum atomic E-state index is -0.486. The Morgan fingerprint density at radius 1 is 1.12 bits per heavy atom. The predicted molar refractivity (Wildman–Crippen MR) is 102 cm³/mol. The van der Waals surface area contributed by atoms with Gasteiger partial charge in [0, 0.05) is 4.47 Å². The summed E-state index contributed by atoms with van der Waals surface area (Å²) in [6.45, 7) is 1.95. The molecule has 1 aliphatic rings. The highest BCUT2D eigenvalue weighted by Crippen LogP contribution is 2.23. The second-order valence-electron chi connectivity index (χ2n) is 5.35. The fourth-order valence-corrected chi connectivity index (χ4v) is 2.95. The average Bonchev–Trinajstić information content (AvgIpc) is 2.53. The first kappa shape index (κ1) is 16.5. The minimum Gasteiger partial charge on any atom is -0.298 e. The number of carbonyl (C=O) groups is 2. The van der Waals surface area contributed by atoms with Gasteiger partial charge in [-0.05, 0) is 55.0 Å². The lowest BCUT2D eigenvalue weighted by Gasteiger charge is -2.29. The number of carbonyl (C=O) groups excluding carboxylic acids is 2. The quantitative estimate of drug-likeness (QED) is 0.476. The number of nitrogens with one attached hydrogen (secondary N) is 1. The van der Waals surface area contributed by atoms with Crippen LogP contribution in [0.3, 0.4) is 0 Å². The molecule has 1 fully saturated rings. The number of amides is 2. The third-order valence-electron chi connectivity index (χ3n) is 3.54. The molecule has 0 atom stereocenters. The SMILES string of the molecule is Cc1cccc(/C=C2/C(=O)NC(=S)N(c3ccc(Br)cc3)C2=O)c1. The molecule has 24 heavy (non-hydrogen) atoms. The third kappa shape index (κ3) is 3.29. The molecule has 2 aromatic rings. The van der Waals surface area contributed by atoms with Crippen molar-refractivity contribution in [2.24, 2.45) is 0 Å². The molecule has 0 spiro atoms. The van der Waals surface area contributed by atoms with Gasteiger partial charge >= 0.3 is 0 Å². The second kappa shape index (κ2) is 6.67. The van der Waals surface area contributed by atoms with Gasteiger partial charge in [0.05, 0.1) is 5.69 Å². The van der Waals surface area contributed by atoms with Crippen LogP contribution in [0.2, 0.25) is 0 Å². The zero-order valence-corrected chi connectivity index (χ0v) is 15.1. The molecule has 1 heterocycles. The summed E-state index contributed by atoms with van der Waals surface area (Å²) in [5, 5.41) is 2.65. The Morgan fingerprint density at radius 2 is 1.83 bits per heavy atom. The van der Waals surface area contributed by atoms with Crippen LogP contribution in [0.15, 0.2) is 58.6 Å². The number of hydrogen-bond donors (Lipinski definition) is 1. The molecular weight excluding hydrogens is 388 g/mol. The van der Waals surface area contributed by atoms with Gasteiger partial charge in [-0.1, -0.05) is 45.8 Å². The maximum absolute atomic E-state index is 12.8.